The summed E-state index contributed by atoms with van der Waals surface area (Å²) in [6.07, 6.45) is 0. The molecule has 5 atom stereocenters. The molecule has 0 bridgehead atoms. The first kappa shape index (κ1) is 12.0. The molecule has 1 fully saturated rings. The average molecular weight is 218 g/mol. The molecule has 0 spiro atoms. The van der Waals surface area contributed by atoms with Crippen LogP contribution in [-0.2, 0) is 0 Å². The van der Waals surface area contributed by atoms with E-state index in [1.807, 2.05) is 0 Å². The first-order valence-corrected chi connectivity index (χ1v) is 6.73. The van der Waals surface area contributed by atoms with Crippen molar-refractivity contribution in [2.24, 2.45) is 29.6 Å². The molecule has 2 aliphatic carbocycles. The van der Waals surface area contributed by atoms with Crippen LogP contribution >= 0.6 is 0 Å². The van der Waals surface area contributed by atoms with E-state index in [0.29, 0.717) is 0 Å². The van der Waals surface area contributed by atoms with Gasteiger partial charge in [0.2, 0.25) is 0 Å². The third-order valence-electron chi connectivity index (χ3n) is 5.92. The van der Waals surface area contributed by atoms with E-state index in [-0.39, 0.29) is 0 Å². The first-order chi connectivity index (χ1) is 7.37. The maximum Gasteiger partial charge on any atom is -0.0103 e. The van der Waals surface area contributed by atoms with Gasteiger partial charge in [0.25, 0.3) is 0 Å². The van der Waals surface area contributed by atoms with Crippen LogP contribution in [0.1, 0.15) is 48.5 Å². The summed E-state index contributed by atoms with van der Waals surface area (Å²) >= 11 is 0. The van der Waals surface area contributed by atoms with Crippen LogP contribution in [0.5, 0.6) is 0 Å². The molecule has 0 N–H and O–H groups in total. The predicted octanol–water partition coefficient (Wildman–Crippen LogP) is 4.83. The van der Waals surface area contributed by atoms with Crippen LogP contribution in [0, 0.1) is 29.6 Å². The van der Waals surface area contributed by atoms with Crippen LogP contribution in [0.3, 0.4) is 0 Å². The molecule has 0 aromatic rings. The van der Waals surface area contributed by atoms with E-state index in [1.165, 1.54) is 0 Å². The highest BCUT2D eigenvalue weighted by molar-refractivity contribution is 5.43. The molecule has 0 heterocycles. The van der Waals surface area contributed by atoms with E-state index < -0.39 is 0 Å². The number of hydrogen-bond donors (Lipinski definition) is 0. The highest BCUT2D eigenvalue weighted by atomic mass is 14.5. The Labute approximate surface area is 101 Å². The Morgan fingerprint density at radius 1 is 0.562 bits per heavy atom. The summed E-state index contributed by atoms with van der Waals surface area (Å²) in [4.78, 5) is 0. The Morgan fingerprint density at radius 2 is 0.875 bits per heavy atom. The van der Waals surface area contributed by atoms with Gasteiger partial charge >= 0.3 is 0 Å². The molecule has 0 heteroatoms. The summed E-state index contributed by atoms with van der Waals surface area (Å²) < 4.78 is 0. The van der Waals surface area contributed by atoms with Gasteiger partial charge in [-0.3, -0.25) is 0 Å². The minimum Gasteiger partial charge on any atom is -0.0661 e. The minimum atomic E-state index is 0.814. The summed E-state index contributed by atoms with van der Waals surface area (Å²) in [7, 11) is 0. The summed E-state index contributed by atoms with van der Waals surface area (Å²) in [5.74, 6) is 4.18. The average Bonchev–Trinajstić information content (AvgIpc) is 2.48. The number of rotatable bonds is 0. The van der Waals surface area contributed by atoms with E-state index in [0.717, 1.165) is 29.6 Å². The number of allylic oxidation sites excluding steroid dienone is 4. The van der Waals surface area contributed by atoms with Crippen molar-refractivity contribution in [1.29, 1.82) is 0 Å². The van der Waals surface area contributed by atoms with Crippen molar-refractivity contribution in [2.75, 3.05) is 0 Å². The molecule has 0 nitrogen and oxygen atoms in total. The van der Waals surface area contributed by atoms with Crippen molar-refractivity contribution < 1.29 is 0 Å². The quantitative estimate of drug-likeness (QED) is 0.546. The van der Waals surface area contributed by atoms with Gasteiger partial charge in [-0.15, -0.1) is 0 Å². The SMILES string of the molecule is CC1=C(C)[C@@H]2[C@H](C(C)=C1C)C(C)C(C)[C@@H]2C. The minimum absolute atomic E-state index is 0.814. The Kier molecular flexibility index (Phi) is 2.80. The largest absolute Gasteiger partial charge is 0.0661 e. The lowest BCUT2D eigenvalue weighted by Crippen LogP contribution is -2.24. The fourth-order valence-electron chi connectivity index (χ4n) is 4.21. The van der Waals surface area contributed by atoms with Crippen molar-refractivity contribution in [3.8, 4) is 0 Å². The van der Waals surface area contributed by atoms with Gasteiger partial charge in [-0.25, -0.2) is 0 Å². The van der Waals surface area contributed by atoms with Gasteiger partial charge in [-0.2, -0.15) is 0 Å². The summed E-state index contributed by atoms with van der Waals surface area (Å²) in [6.45, 7) is 16.7. The molecule has 2 aliphatic rings. The lowest BCUT2D eigenvalue weighted by atomic mass is 9.71. The molecule has 2 rings (SSSR count). The maximum atomic E-state index is 2.45. The van der Waals surface area contributed by atoms with E-state index in [1.54, 1.807) is 22.3 Å². The zero-order valence-electron chi connectivity index (χ0n) is 11.9. The molecule has 2 unspecified atom stereocenters. The fraction of sp³-hybridized carbons (Fsp3) is 0.750. The summed E-state index contributed by atoms with van der Waals surface area (Å²) in [5, 5.41) is 0. The van der Waals surface area contributed by atoms with E-state index in [9.17, 15) is 0 Å². The van der Waals surface area contributed by atoms with Gasteiger partial charge in [0, 0.05) is 0 Å². The third kappa shape index (κ3) is 1.35. The van der Waals surface area contributed by atoms with E-state index in [2.05, 4.69) is 48.5 Å². The van der Waals surface area contributed by atoms with Gasteiger partial charge in [0.1, 0.15) is 0 Å². The topological polar surface area (TPSA) is 0 Å². The van der Waals surface area contributed by atoms with Crippen LogP contribution in [0.15, 0.2) is 22.3 Å². The van der Waals surface area contributed by atoms with Gasteiger partial charge in [-0.05, 0) is 68.4 Å². The van der Waals surface area contributed by atoms with Crippen LogP contribution < -0.4 is 0 Å². The molecule has 0 aromatic heterocycles. The second-order valence-electron chi connectivity index (χ2n) is 6.24. The van der Waals surface area contributed by atoms with Crippen LogP contribution in [-0.4, -0.2) is 0 Å². The lowest BCUT2D eigenvalue weighted by molar-refractivity contribution is 0.356. The zero-order chi connectivity index (χ0) is 12.2. The Morgan fingerprint density at radius 3 is 1.19 bits per heavy atom. The standard InChI is InChI=1S/C16H26/c1-8-9(2)12(5)16-14(7)10(3)13(6)15(16)11(8)4/h10,13-16H,1-7H3/t10?,13-,14?,15-,16+/m0/s1. The first-order valence-electron chi connectivity index (χ1n) is 6.73. The molecule has 0 aliphatic heterocycles. The number of fused-ring (bicyclic) bond motifs is 1. The molecule has 0 saturated heterocycles. The molecular formula is C16H26. The predicted molar refractivity (Wildman–Crippen MR) is 71.2 cm³/mol. The van der Waals surface area contributed by atoms with Crippen molar-refractivity contribution in [1.82, 2.24) is 0 Å². The van der Waals surface area contributed by atoms with E-state index >= 15 is 0 Å². The summed E-state index contributed by atoms with van der Waals surface area (Å²) in [6, 6.07) is 0. The Bertz CT molecular complexity index is 333. The van der Waals surface area contributed by atoms with Crippen LogP contribution in [0.4, 0.5) is 0 Å². The molecule has 0 amide bonds. The Balaban J connectivity index is 2.54. The van der Waals surface area contributed by atoms with Gasteiger partial charge in [0.05, 0.1) is 0 Å². The summed E-state index contributed by atoms with van der Waals surface area (Å²) in [5.41, 5.74) is 6.45. The third-order valence-corrected chi connectivity index (χ3v) is 5.92. The molecule has 0 radical (unpaired) electrons. The van der Waals surface area contributed by atoms with Crippen LogP contribution in [0.2, 0.25) is 0 Å². The van der Waals surface area contributed by atoms with Crippen molar-refractivity contribution in [3.05, 3.63) is 22.3 Å². The smallest absolute Gasteiger partial charge is 0.0103 e. The normalized spacial score (nSPS) is 44.1. The molecule has 90 valence electrons. The van der Waals surface area contributed by atoms with Crippen molar-refractivity contribution in [3.63, 3.8) is 0 Å². The maximum absolute atomic E-state index is 2.45. The second-order valence-corrected chi connectivity index (χ2v) is 6.24. The van der Waals surface area contributed by atoms with Crippen LogP contribution in [0.25, 0.3) is 0 Å². The van der Waals surface area contributed by atoms with Gasteiger partial charge in [0.15, 0.2) is 0 Å². The molecule has 1 saturated carbocycles. The highest BCUT2D eigenvalue weighted by Crippen LogP contribution is 2.55. The second kappa shape index (κ2) is 3.75. The monoisotopic (exact) mass is 218 g/mol. The molecule has 0 aromatic carbocycles. The number of hydrogen-bond acceptors (Lipinski definition) is 0. The Hall–Kier alpha value is -0.520. The molecular weight excluding hydrogens is 192 g/mol. The fourth-order valence-corrected chi connectivity index (χ4v) is 4.21. The zero-order valence-corrected chi connectivity index (χ0v) is 11.9. The van der Waals surface area contributed by atoms with Crippen molar-refractivity contribution in [2.45, 2.75) is 48.5 Å². The van der Waals surface area contributed by atoms with E-state index in [4.69, 9.17) is 0 Å². The highest BCUT2D eigenvalue weighted by Gasteiger charge is 2.47. The molecule has 16 heavy (non-hydrogen) atoms. The lowest BCUT2D eigenvalue weighted by Gasteiger charge is -2.34. The van der Waals surface area contributed by atoms with Crippen molar-refractivity contribution >= 4 is 0 Å². The van der Waals surface area contributed by atoms with Gasteiger partial charge in [-0.1, -0.05) is 31.9 Å². The van der Waals surface area contributed by atoms with Gasteiger partial charge < -0.3 is 0 Å².